The standard InChI is InChI=1S/C9H13N5/c1-9(2,4-10)8-13-6-3-11-5-12-7(6)14-8/h3,5H,4,10H2,1-2H3,(H,11,12,13,14). The van der Waals surface area contributed by atoms with Crippen LogP contribution in [-0.4, -0.2) is 26.5 Å². The van der Waals surface area contributed by atoms with E-state index in [9.17, 15) is 0 Å². The first kappa shape index (κ1) is 9.08. The summed E-state index contributed by atoms with van der Waals surface area (Å²) in [6, 6.07) is 0. The van der Waals surface area contributed by atoms with E-state index in [0.29, 0.717) is 12.2 Å². The molecule has 0 unspecified atom stereocenters. The number of hydrogen-bond acceptors (Lipinski definition) is 4. The van der Waals surface area contributed by atoms with Crippen molar-refractivity contribution in [3.8, 4) is 0 Å². The third-order valence-electron chi connectivity index (χ3n) is 2.31. The minimum atomic E-state index is -0.152. The lowest BCUT2D eigenvalue weighted by molar-refractivity contribution is 0.509. The highest BCUT2D eigenvalue weighted by Gasteiger charge is 2.22. The van der Waals surface area contributed by atoms with Crippen LogP contribution in [0.3, 0.4) is 0 Å². The first-order valence-corrected chi connectivity index (χ1v) is 4.50. The van der Waals surface area contributed by atoms with Gasteiger partial charge in [0.1, 0.15) is 17.7 Å². The van der Waals surface area contributed by atoms with Crippen LogP contribution in [0, 0.1) is 0 Å². The summed E-state index contributed by atoms with van der Waals surface area (Å²) in [5.74, 6) is 0.857. The van der Waals surface area contributed by atoms with Crippen molar-refractivity contribution in [1.29, 1.82) is 0 Å². The lowest BCUT2D eigenvalue weighted by Gasteiger charge is -2.18. The van der Waals surface area contributed by atoms with Gasteiger partial charge in [0, 0.05) is 12.0 Å². The Balaban J connectivity index is 2.55. The topological polar surface area (TPSA) is 80.5 Å². The van der Waals surface area contributed by atoms with Crippen molar-refractivity contribution >= 4 is 11.2 Å². The number of H-pyrrole nitrogens is 1. The average molecular weight is 191 g/mol. The van der Waals surface area contributed by atoms with E-state index < -0.39 is 0 Å². The molecule has 0 saturated heterocycles. The van der Waals surface area contributed by atoms with Crippen molar-refractivity contribution in [2.24, 2.45) is 5.73 Å². The highest BCUT2D eigenvalue weighted by molar-refractivity contribution is 5.68. The van der Waals surface area contributed by atoms with Crippen LogP contribution in [0.5, 0.6) is 0 Å². The number of imidazole rings is 1. The average Bonchev–Trinajstić information content (AvgIpc) is 2.61. The predicted octanol–water partition coefficient (Wildman–Crippen LogP) is 0.589. The largest absolute Gasteiger partial charge is 0.339 e. The second kappa shape index (κ2) is 3.02. The molecule has 2 aromatic rings. The molecule has 0 saturated carbocycles. The number of rotatable bonds is 2. The van der Waals surface area contributed by atoms with Gasteiger partial charge in [-0.1, -0.05) is 13.8 Å². The van der Waals surface area contributed by atoms with Gasteiger partial charge in [-0.25, -0.2) is 15.0 Å². The molecular formula is C9H13N5. The van der Waals surface area contributed by atoms with E-state index in [1.807, 2.05) is 13.8 Å². The van der Waals surface area contributed by atoms with E-state index in [0.717, 1.165) is 11.3 Å². The van der Waals surface area contributed by atoms with Crippen LogP contribution in [0.1, 0.15) is 19.7 Å². The van der Waals surface area contributed by atoms with Gasteiger partial charge in [-0.2, -0.15) is 0 Å². The maximum atomic E-state index is 5.66. The second-order valence-electron chi connectivity index (χ2n) is 3.93. The fourth-order valence-corrected chi connectivity index (χ4v) is 1.18. The van der Waals surface area contributed by atoms with Crippen molar-refractivity contribution in [3.05, 3.63) is 18.3 Å². The summed E-state index contributed by atoms with van der Waals surface area (Å²) in [6.07, 6.45) is 3.20. The van der Waals surface area contributed by atoms with Crippen molar-refractivity contribution < 1.29 is 0 Å². The van der Waals surface area contributed by atoms with Crippen LogP contribution in [0.15, 0.2) is 12.5 Å². The Morgan fingerprint density at radius 2 is 2.29 bits per heavy atom. The third kappa shape index (κ3) is 1.35. The van der Waals surface area contributed by atoms with Crippen LogP contribution in [0.4, 0.5) is 0 Å². The van der Waals surface area contributed by atoms with Crippen LogP contribution in [0.2, 0.25) is 0 Å². The third-order valence-corrected chi connectivity index (χ3v) is 2.31. The Bertz CT molecular complexity index is 412. The van der Waals surface area contributed by atoms with E-state index in [1.165, 1.54) is 6.33 Å². The van der Waals surface area contributed by atoms with Gasteiger partial charge in [-0.3, -0.25) is 0 Å². The highest BCUT2D eigenvalue weighted by atomic mass is 15.0. The molecule has 74 valence electrons. The highest BCUT2D eigenvalue weighted by Crippen LogP contribution is 2.20. The SMILES string of the molecule is CC(C)(CN)c1nc2ncncc2[nH]1. The van der Waals surface area contributed by atoms with Crippen molar-refractivity contribution in [2.45, 2.75) is 19.3 Å². The second-order valence-corrected chi connectivity index (χ2v) is 3.93. The Hall–Kier alpha value is -1.49. The molecule has 0 spiro atoms. The number of aromatic nitrogens is 4. The van der Waals surface area contributed by atoms with E-state index in [-0.39, 0.29) is 5.41 Å². The Labute approximate surface area is 81.8 Å². The summed E-state index contributed by atoms with van der Waals surface area (Å²) >= 11 is 0. The van der Waals surface area contributed by atoms with Crippen molar-refractivity contribution in [3.63, 3.8) is 0 Å². The molecule has 0 aliphatic rings. The zero-order valence-corrected chi connectivity index (χ0v) is 8.28. The molecule has 2 aromatic heterocycles. The van der Waals surface area contributed by atoms with Crippen LogP contribution < -0.4 is 5.73 Å². The molecule has 0 amide bonds. The Morgan fingerprint density at radius 1 is 1.50 bits per heavy atom. The molecule has 0 fully saturated rings. The molecule has 0 bridgehead atoms. The summed E-state index contributed by atoms with van der Waals surface area (Å²) < 4.78 is 0. The predicted molar refractivity (Wildman–Crippen MR) is 53.8 cm³/mol. The Kier molecular flexibility index (Phi) is 1.96. The maximum Gasteiger partial charge on any atom is 0.180 e. The number of nitrogens with two attached hydrogens (primary N) is 1. The molecule has 0 aliphatic heterocycles. The fraction of sp³-hybridized carbons (Fsp3) is 0.444. The fourth-order valence-electron chi connectivity index (χ4n) is 1.18. The van der Waals surface area contributed by atoms with Crippen molar-refractivity contribution in [2.75, 3.05) is 6.54 Å². The summed E-state index contributed by atoms with van der Waals surface area (Å²) in [5.41, 5.74) is 7.05. The molecule has 2 rings (SSSR count). The zero-order chi connectivity index (χ0) is 10.2. The smallest absolute Gasteiger partial charge is 0.180 e. The number of nitrogens with zero attached hydrogens (tertiary/aromatic N) is 3. The van der Waals surface area contributed by atoms with Crippen LogP contribution in [0.25, 0.3) is 11.2 Å². The summed E-state index contributed by atoms with van der Waals surface area (Å²) in [4.78, 5) is 15.5. The lowest BCUT2D eigenvalue weighted by atomic mass is 9.93. The number of aromatic amines is 1. The molecule has 0 aliphatic carbocycles. The number of hydrogen-bond donors (Lipinski definition) is 2. The minimum Gasteiger partial charge on any atom is -0.339 e. The minimum absolute atomic E-state index is 0.152. The summed E-state index contributed by atoms with van der Waals surface area (Å²) in [5, 5.41) is 0. The van der Waals surface area contributed by atoms with Gasteiger partial charge in [0.25, 0.3) is 0 Å². The van der Waals surface area contributed by atoms with E-state index in [4.69, 9.17) is 5.73 Å². The molecule has 0 aromatic carbocycles. The van der Waals surface area contributed by atoms with E-state index in [1.54, 1.807) is 6.20 Å². The van der Waals surface area contributed by atoms with E-state index in [2.05, 4.69) is 19.9 Å². The molecule has 14 heavy (non-hydrogen) atoms. The molecule has 5 heteroatoms. The molecule has 0 radical (unpaired) electrons. The van der Waals surface area contributed by atoms with Crippen LogP contribution in [-0.2, 0) is 5.41 Å². The maximum absolute atomic E-state index is 5.66. The normalized spacial score (nSPS) is 12.2. The molecule has 0 atom stereocenters. The van der Waals surface area contributed by atoms with Gasteiger partial charge in [-0.05, 0) is 0 Å². The summed E-state index contributed by atoms with van der Waals surface area (Å²) in [6.45, 7) is 4.62. The zero-order valence-electron chi connectivity index (χ0n) is 8.28. The van der Waals surface area contributed by atoms with Gasteiger partial charge in [-0.15, -0.1) is 0 Å². The molecule has 5 nitrogen and oxygen atoms in total. The van der Waals surface area contributed by atoms with E-state index >= 15 is 0 Å². The van der Waals surface area contributed by atoms with Gasteiger partial charge in [0.15, 0.2) is 5.65 Å². The first-order chi connectivity index (χ1) is 6.63. The van der Waals surface area contributed by atoms with Crippen LogP contribution >= 0.6 is 0 Å². The molecule has 2 heterocycles. The summed E-state index contributed by atoms with van der Waals surface area (Å²) in [7, 11) is 0. The molecule has 3 N–H and O–H groups in total. The first-order valence-electron chi connectivity index (χ1n) is 4.50. The molecular weight excluding hydrogens is 178 g/mol. The quantitative estimate of drug-likeness (QED) is 0.728. The van der Waals surface area contributed by atoms with Gasteiger partial charge >= 0.3 is 0 Å². The number of nitrogens with one attached hydrogen (secondary N) is 1. The van der Waals surface area contributed by atoms with Gasteiger partial charge in [0.2, 0.25) is 0 Å². The number of fused-ring (bicyclic) bond motifs is 1. The van der Waals surface area contributed by atoms with Gasteiger partial charge < -0.3 is 10.7 Å². The lowest BCUT2D eigenvalue weighted by Crippen LogP contribution is -2.29. The van der Waals surface area contributed by atoms with Gasteiger partial charge in [0.05, 0.1) is 6.20 Å². The van der Waals surface area contributed by atoms with Crippen molar-refractivity contribution in [1.82, 2.24) is 19.9 Å². The Morgan fingerprint density at radius 3 is 2.93 bits per heavy atom. The monoisotopic (exact) mass is 191 g/mol.